The molecule has 0 spiro atoms. The second kappa shape index (κ2) is 5.48. The maximum Gasteiger partial charge on any atom is 0.341 e. The van der Waals surface area contributed by atoms with Crippen molar-refractivity contribution in [3.63, 3.8) is 0 Å². The molecule has 6 nitrogen and oxygen atoms in total. The molecule has 0 aromatic carbocycles. The van der Waals surface area contributed by atoms with Crippen LogP contribution < -0.4 is 4.90 Å². The Morgan fingerprint density at radius 2 is 2.30 bits per heavy atom. The van der Waals surface area contributed by atoms with Crippen LogP contribution in [0.4, 0.5) is 5.82 Å². The number of pyridine rings is 1. The number of anilines is 1. The predicted octanol–water partition coefficient (Wildman–Crippen LogP) is 1.70. The minimum atomic E-state index is -1.03. The third-order valence-corrected chi connectivity index (χ3v) is 3.64. The van der Waals surface area contributed by atoms with Crippen LogP contribution >= 0.6 is 0 Å². The zero-order chi connectivity index (χ0) is 14.8. The molecule has 1 aromatic heterocycles. The Hall–Kier alpha value is -2.11. The summed E-state index contributed by atoms with van der Waals surface area (Å²) in [6, 6.07) is 3.25. The highest BCUT2D eigenvalue weighted by Crippen LogP contribution is 2.35. The lowest BCUT2D eigenvalue weighted by atomic mass is 9.99. The Morgan fingerprint density at radius 3 is 2.95 bits per heavy atom. The third-order valence-electron chi connectivity index (χ3n) is 3.64. The number of carbonyl (C=O) groups excluding carboxylic acids is 1. The summed E-state index contributed by atoms with van der Waals surface area (Å²) >= 11 is 0. The summed E-state index contributed by atoms with van der Waals surface area (Å²) in [4.78, 5) is 29.4. The van der Waals surface area contributed by atoms with E-state index in [9.17, 15) is 14.7 Å². The minimum Gasteiger partial charge on any atom is -0.480 e. The van der Waals surface area contributed by atoms with E-state index >= 15 is 0 Å². The number of esters is 1. The Bertz CT molecular complexity index is 532. The standard InChI is InChI=1S/C14H18N2O4/c1-3-20-12(17)10-6-4-8-15-11(10)16-9-5-7-14(16,2)13(18)19/h4,6,8H,3,5,7,9H2,1-2H3,(H,18,19). The zero-order valence-electron chi connectivity index (χ0n) is 11.6. The predicted molar refractivity (Wildman–Crippen MR) is 72.8 cm³/mol. The van der Waals surface area contributed by atoms with Crippen LogP contribution in [0.5, 0.6) is 0 Å². The van der Waals surface area contributed by atoms with Crippen molar-refractivity contribution < 1.29 is 19.4 Å². The van der Waals surface area contributed by atoms with Gasteiger partial charge in [0.05, 0.1) is 6.61 Å². The Kier molecular flexibility index (Phi) is 3.92. The summed E-state index contributed by atoms with van der Waals surface area (Å²) in [5, 5.41) is 9.45. The van der Waals surface area contributed by atoms with Crippen LogP contribution in [0.25, 0.3) is 0 Å². The van der Waals surface area contributed by atoms with Crippen molar-refractivity contribution >= 4 is 17.8 Å². The maximum atomic E-state index is 12.0. The Labute approximate surface area is 117 Å². The molecule has 2 heterocycles. The highest BCUT2D eigenvalue weighted by Gasteiger charge is 2.45. The monoisotopic (exact) mass is 278 g/mol. The summed E-state index contributed by atoms with van der Waals surface area (Å²) in [5.74, 6) is -1.00. The van der Waals surface area contributed by atoms with Gasteiger partial charge in [-0.25, -0.2) is 14.6 Å². The SMILES string of the molecule is CCOC(=O)c1cccnc1N1CCCC1(C)C(=O)O. The van der Waals surface area contributed by atoms with Crippen molar-refractivity contribution in [3.05, 3.63) is 23.9 Å². The van der Waals surface area contributed by atoms with E-state index in [2.05, 4.69) is 4.98 Å². The molecular formula is C14H18N2O4. The van der Waals surface area contributed by atoms with Crippen molar-refractivity contribution in [2.75, 3.05) is 18.1 Å². The molecule has 1 N–H and O–H groups in total. The molecule has 6 heteroatoms. The van der Waals surface area contributed by atoms with Crippen LogP contribution in [-0.4, -0.2) is 40.7 Å². The van der Waals surface area contributed by atoms with Gasteiger partial charge in [-0.3, -0.25) is 0 Å². The molecule has 0 saturated carbocycles. The van der Waals surface area contributed by atoms with Gasteiger partial charge < -0.3 is 14.7 Å². The van der Waals surface area contributed by atoms with Crippen molar-refractivity contribution in [2.45, 2.75) is 32.2 Å². The number of rotatable bonds is 4. The van der Waals surface area contributed by atoms with Crippen molar-refractivity contribution in [1.82, 2.24) is 4.98 Å². The van der Waals surface area contributed by atoms with E-state index in [4.69, 9.17) is 4.74 Å². The molecule has 1 atom stereocenters. The maximum absolute atomic E-state index is 12.0. The lowest BCUT2D eigenvalue weighted by Gasteiger charge is -2.33. The van der Waals surface area contributed by atoms with Crippen LogP contribution in [0, 0.1) is 0 Å². The number of carboxylic acids is 1. The van der Waals surface area contributed by atoms with E-state index in [0.29, 0.717) is 24.3 Å². The highest BCUT2D eigenvalue weighted by atomic mass is 16.5. The van der Waals surface area contributed by atoms with Gasteiger partial charge in [0, 0.05) is 12.7 Å². The third kappa shape index (κ3) is 2.33. The van der Waals surface area contributed by atoms with E-state index in [1.54, 1.807) is 37.1 Å². The van der Waals surface area contributed by atoms with Gasteiger partial charge in [-0.1, -0.05) is 0 Å². The highest BCUT2D eigenvalue weighted by molar-refractivity contribution is 5.96. The van der Waals surface area contributed by atoms with Crippen LogP contribution in [-0.2, 0) is 9.53 Å². The quantitative estimate of drug-likeness (QED) is 0.844. The number of aliphatic carboxylic acids is 1. The van der Waals surface area contributed by atoms with E-state index < -0.39 is 17.5 Å². The van der Waals surface area contributed by atoms with Gasteiger partial charge >= 0.3 is 11.9 Å². The molecule has 1 unspecified atom stereocenters. The Balaban J connectivity index is 2.42. The molecule has 2 rings (SSSR count). The summed E-state index contributed by atoms with van der Waals surface area (Å²) in [5.41, 5.74) is -0.723. The normalized spacial score (nSPS) is 21.8. The van der Waals surface area contributed by atoms with Gasteiger partial charge in [0.1, 0.15) is 16.9 Å². The molecule has 108 valence electrons. The molecule has 20 heavy (non-hydrogen) atoms. The van der Waals surface area contributed by atoms with Gasteiger partial charge in [0.2, 0.25) is 0 Å². The van der Waals surface area contributed by atoms with Gasteiger partial charge in [0.25, 0.3) is 0 Å². The largest absolute Gasteiger partial charge is 0.480 e. The molecule has 1 aliphatic heterocycles. The van der Waals surface area contributed by atoms with Crippen LogP contribution in [0.3, 0.4) is 0 Å². The molecule has 1 saturated heterocycles. The van der Waals surface area contributed by atoms with Crippen LogP contribution in [0.15, 0.2) is 18.3 Å². The average molecular weight is 278 g/mol. The molecule has 0 radical (unpaired) electrons. The lowest BCUT2D eigenvalue weighted by molar-refractivity contribution is -0.142. The number of nitrogens with zero attached hydrogens (tertiary/aromatic N) is 2. The van der Waals surface area contributed by atoms with E-state index in [1.807, 2.05) is 0 Å². The van der Waals surface area contributed by atoms with Crippen LogP contribution in [0.2, 0.25) is 0 Å². The van der Waals surface area contributed by atoms with Crippen LogP contribution in [0.1, 0.15) is 37.0 Å². The lowest BCUT2D eigenvalue weighted by Crippen LogP contribution is -2.49. The number of carboxylic acid groups (broad SMARTS) is 1. The molecule has 0 amide bonds. The number of hydrogen-bond donors (Lipinski definition) is 1. The first-order chi connectivity index (χ1) is 9.50. The molecule has 0 aliphatic carbocycles. The average Bonchev–Trinajstić information content (AvgIpc) is 2.82. The van der Waals surface area contributed by atoms with E-state index in [1.165, 1.54) is 0 Å². The summed E-state index contributed by atoms with van der Waals surface area (Å²) in [7, 11) is 0. The topological polar surface area (TPSA) is 79.7 Å². The fourth-order valence-corrected chi connectivity index (χ4v) is 2.51. The molecule has 1 fully saturated rings. The smallest absolute Gasteiger partial charge is 0.341 e. The number of carbonyl (C=O) groups is 2. The summed E-state index contributed by atoms with van der Waals surface area (Å²) < 4.78 is 5.00. The first kappa shape index (κ1) is 14.3. The summed E-state index contributed by atoms with van der Waals surface area (Å²) in [6.45, 7) is 4.21. The van der Waals surface area contributed by atoms with Gasteiger partial charge in [0.15, 0.2) is 0 Å². The molecular weight excluding hydrogens is 260 g/mol. The summed E-state index contributed by atoms with van der Waals surface area (Å²) in [6.07, 6.45) is 2.83. The molecule has 1 aliphatic rings. The fraction of sp³-hybridized carbons (Fsp3) is 0.500. The number of aromatic nitrogens is 1. The number of ether oxygens (including phenoxy) is 1. The van der Waals surface area contributed by atoms with E-state index in [-0.39, 0.29) is 6.61 Å². The van der Waals surface area contributed by atoms with Crippen molar-refractivity contribution in [1.29, 1.82) is 0 Å². The van der Waals surface area contributed by atoms with Gasteiger partial charge in [-0.15, -0.1) is 0 Å². The first-order valence-electron chi connectivity index (χ1n) is 6.64. The minimum absolute atomic E-state index is 0.267. The van der Waals surface area contributed by atoms with Crippen molar-refractivity contribution in [2.24, 2.45) is 0 Å². The van der Waals surface area contributed by atoms with Gasteiger partial charge in [-0.05, 0) is 38.8 Å². The molecule has 0 bridgehead atoms. The fourth-order valence-electron chi connectivity index (χ4n) is 2.51. The Morgan fingerprint density at radius 1 is 1.55 bits per heavy atom. The zero-order valence-corrected chi connectivity index (χ0v) is 11.6. The second-order valence-electron chi connectivity index (χ2n) is 4.93. The second-order valence-corrected chi connectivity index (χ2v) is 4.93. The molecule has 1 aromatic rings. The van der Waals surface area contributed by atoms with Gasteiger partial charge in [-0.2, -0.15) is 0 Å². The van der Waals surface area contributed by atoms with E-state index in [0.717, 1.165) is 6.42 Å². The number of hydrogen-bond acceptors (Lipinski definition) is 5. The van der Waals surface area contributed by atoms with Crippen molar-refractivity contribution in [3.8, 4) is 0 Å². The first-order valence-corrected chi connectivity index (χ1v) is 6.64.